The number of rotatable bonds is 4. The maximum atomic E-state index is 12.0. The summed E-state index contributed by atoms with van der Waals surface area (Å²) in [6.07, 6.45) is -0.149. The standard InChI is InChI=1S/C14H17F3N2O/c15-14(16,17)9-19-13(20)8-18-12-7-3-5-10-4-1-2-6-11(10)12/h3,5,7,18H,1-2,4,6,8-9H2,(H,19,20). The molecule has 3 nitrogen and oxygen atoms in total. The first-order chi connectivity index (χ1) is 9.46. The van der Waals surface area contributed by atoms with Crippen molar-refractivity contribution in [3.63, 3.8) is 0 Å². The lowest BCUT2D eigenvalue weighted by molar-refractivity contribution is -0.137. The van der Waals surface area contributed by atoms with E-state index in [2.05, 4.69) is 11.4 Å². The molecule has 1 aliphatic rings. The smallest absolute Gasteiger partial charge is 0.376 e. The Morgan fingerprint density at radius 1 is 1.20 bits per heavy atom. The maximum absolute atomic E-state index is 12.0. The minimum atomic E-state index is -4.37. The monoisotopic (exact) mass is 286 g/mol. The van der Waals surface area contributed by atoms with E-state index in [1.165, 1.54) is 11.1 Å². The number of fused-ring (bicyclic) bond motifs is 1. The molecule has 0 heterocycles. The van der Waals surface area contributed by atoms with E-state index in [1.54, 1.807) is 0 Å². The molecule has 0 saturated heterocycles. The molecule has 0 fully saturated rings. The molecule has 1 aromatic carbocycles. The van der Waals surface area contributed by atoms with Gasteiger partial charge in [0.05, 0.1) is 6.54 Å². The zero-order chi connectivity index (χ0) is 14.6. The Morgan fingerprint density at radius 2 is 1.95 bits per heavy atom. The SMILES string of the molecule is O=C(CNc1cccc2c1CCCC2)NCC(F)(F)F. The summed E-state index contributed by atoms with van der Waals surface area (Å²) >= 11 is 0. The summed E-state index contributed by atoms with van der Waals surface area (Å²) in [6, 6.07) is 5.82. The molecule has 0 unspecified atom stereocenters. The second-order valence-corrected chi connectivity index (χ2v) is 4.90. The van der Waals surface area contributed by atoms with E-state index in [9.17, 15) is 18.0 Å². The molecular weight excluding hydrogens is 269 g/mol. The Hall–Kier alpha value is -1.72. The van der Waals surface area contributed by atoms with Crippen molar-refractivity contribution >= 4 is 11.6 Å². The van der Waals surface area contributed by atoms with Gasteiger partial charge in [0.25, 0.3) is 0 Å². The fraction of sp³-hybridized carbons (Fsp3) is 0.500. The van der Waals surface area contributed by atoms with Crippen molar-refractivity contribution in [2.24, 2.45) is 0 Å². The average Bonchev–Trinajstić information content (AvgIpc) is 2.42. The van der Waals surface area contributed by atoms with Gasteiger partial charge in [-0.05, 0) is 42.9 Å². The van der Waals surface area contributed by atoms with E-state index in [1.807, 2.05) is 17.4 Å². The third-order valence-electron chi connectivity index (χ3n) is 3.32. The first-order valence-electron chi connectivity index (χ1n) is 6.64. The Bertz CT molecular complexity index is 486. The molecule has 0 bridgehead atoms. The molecule has 0 spiro atoms. The molecule has 6 heteroatoms. The van der Waals surface area contributed by atoms with Crippen LogP contribution >= 0.6 is 0 Å². The molecule has 2 N–H and O–H groups in total. The van der Waals surface area contributed by atoms with Crippen LogP contribution in [0.1, 0.15) is 24.0 Å². The summed E-state index contributed by atoms with van der Waals surface area (Å²) in [7, 11) is 0. The van der Waals surface area contributed by atoms with Crippen LogP contribution in [0.5, 0.6) is 0 Å². The number of alkyl halides is 3. The van der Waals surface area contributed by atoms with Crippen molar-refractivity contribution < 1.29 is 18.0 Å². The first-order valence-corrected chi connectivity index (χ1v) is 6.64. The van der Waals surface area contributed by atoms with Gasteiger partial charge in [-0.3, -0.25) is 4.79 Å². The van der Waals surface area contributed by atoms with Crippen molar-refractivity contribution in [3.8, 4) is 0 Å². The van der Waals surface area contributed by atoms with Gasteiger partial charge in [0.2, 0.25) is 5.91 Å². The number of benzene rings is 1. The van der Waals surface area contributed by atoms with Crippen LogP contribution in [-0.2, 0) is 17.6 Å². The van der Waals surface area contributed by atoms with Crippen molar-refractivity contribution in [1.82, 2.24) is 5.32 Å². The van der Waals surface area contributed by atoms with Gasteiger partial charge in [0.15, 0.2) is 0 Å². The molecular formula is C14H17F3N2O. The molecule has 110 valence electrons. The highest BCUT2D eigenvalue weighted by atomic mass is 19.4. The van der Waals surface area contributed by atoms with Gasteiger partial charge >= 0.3 is 6.18 Å². The summed E-state index contributed by atoms with van der Waals surface area (Å²) in [6.45, 7) is -1.44. The quantitative estimate of drug-likeness (QED) is 0.893. The van der Waals surface area contributed by atoms with Gasteiger partial charge in [0, 0.05) is 5.69 Å². The largest absolute Gasteiger partial charge is 0.405 e. The van der Waals surface area contributed by atoms with E-state index >= 15 is 0 Å². The Kier molecular flexibility index (Phi) is 4.52. The van der Waals surface area contributed by atoms with E-state index in [-0.39, 0.29) is 6.54 Å². The van der Waals surface area contributed by atoms with Gasteiger partial charge in [-0.1, -0.05) is 12.1 Å². The predicted molar refractivity (Wildman–Crippen MR) is 70.6 cm³/mol. The number of nitrogens with one attached hydrogen (secondary N) is 2. The van der Waals surface area contributed by atoms with Crippen molar-refractivity contribution in [2.45, 2.75) is 31.9 Å². The van der Waals surface area contributed by atoms with Crippen molar-refractivity contribution in [2.75, 3.05) is 18.4 Å². The topological polar surface area (TPSA) is 41.1 Å². The highest BCUT2D eigenvalue weighted by Gasteiger charge is 2.27. The third-order valence-corrected chi connectivity index (χ3v) is 3.32. The number of carbonyl (C=O) groups is 1. The number of hydrogen-bond acceptors (Lipinski definition) is 2. The van der Waals surface area contributed by atoms with Gasteiger partial charge < -0.3 is 10.6 Å². The van der Waals surface area contributed by atoms with Crippen LogP contribution in [0, 0.1) is 0 Å². The highest BCUT2D eigenvalue weighted by molar-refractivity contribution is 5.81. The third kappa shape index (κ3) is 4.15. The molecule has 1 aliphatic carbocycles. The number of aryl methyl sites for hydroxylation is 1. The molecule has 20 heavy (non-hydrogen) atoms. The normalized spacial score (nSPS) is 14.6. The van der Waals surface area contributed by atoms with Crippen LogP contribution in [0.4, 0.5) is 18.9 Å². The van der Waals surface area contributed by atoms with Crippen LogP contribution in [0.25, 0.3) is 0 Å². The fourth-order valence-electron chi connectivity index (χ4n) is 2.38. The van der Waals surface area contributed by atoms with Crippen molar-refractivity contribution in [3.05, 3.63) is 29.3 Å². The minimum absolute atomic E-state index is 0.146. The van der Waals surface area contributed by atoms with Gasteiger partial charge in [0.1, 0.15) is 6.54 Å². The Morgan fingerprint density at radius 3 is 2.70 bits per heavy atom. The summed E-state index contributed by atoms with van der Waals surface area (Å²) < 4.78 is 35.9. The van der Waals surface area contributed by atoms with E-state index < -0.39 is 18.6 Å². The minimum Gasteiger partial charge on any atom is -0.376 e. The molecule has 0 atom stereocenters. The maximum Gasteiger partial charge on any atom is 0.405 e. The Balaban J connectivity index is 1.89. The number of hydrogen-bond donors (Lipinski definition) is 2. The Labute approximate surface area is 115 Å². The summed E-state index contributed by atoms with van der Waals surface area (Å²) in [5.41, 5.74) is 3.30. The second-order valence-electron chi connectivity index (χ2n) is 4.90. The number of carbonyl (C=O) groups excluding carboxylic acids is 1. The zero-order valence-electron chi connectivity index (χ0n) is 11.0. The van der Waals surface area contributed by atoms with Crippen LogP contribution < -0.4 is 10.6 Å². The van der Waals surface area contributed by atoms with E-state index in [0.717, 1.165) is 31.4 Å². The molecule has 0 aromatic heterocycles. The van der Waals surface area contributed by atoms with Gasteiger partial charge in [-0.15, -0.1) is 0 Å². The predicted octanol–water partition coefficient (Wildman–Crippen LogP) is 2.66. The number of halogens is 3. The average molecular weight is 286 g/mol. The molecule has 0 radical (unpaired) electrons. The molecule has 0 aliphatic heterocycles. The summed E-state index contributed by atoms with van der Waals surface area (Å²) in [5.74, 6) is -0.657. The molecule has 1 aromatic rings. The van der Waals surface area contributed by atoms with Crippen LogP contribution in [-0.4, -0.2) is 25.2 Å². The lowest BCUT2D eigenvalue weighted by Gasteiger charge is -2.20. The summed E-state index contributed by atoms with van der Waals surface area (Å²) in [4.78, 5) is 11.4. The lowest BCUT2D eigenvalue weighted by Crippen LogP contribution is -2.37. The van der Waals surface area contributed by atoms with E-state index in [0.29, 0.717) is 0 Å². The molecule has 2 rings (SSSR count). The van der Waals surface area contributed by atoms with Gasteiger partial charge in [-0.2, -0.15) is 13.2 Å². The lowest BCUT2D eigenvalue weighted by atomic mass is 9.90. The molecule has 0 saturated carbocycles. The van der Waals surface area contributed by atoms with E-state index in [4.69, 9.17) is 0 Å². The zero-order valence-corrected chi connectivity index (χ0v) is 11.0. The van der Waals surface area contributed by atoms with Crippen molar-refractivity contribution in [1.29, 1.82) is 0 Å². The number of amides is 1. The first kappa shape index (κ1) is 14.7. The van der Waals surface area contributed by atoms with Crippen LogP contribution in [0.15, 0.2) is 18.2 Å². The number of anilines is 1. The highest BCUT2D eigenvalue weighted by Crippen LogP contribution is 2.27. The van der Waals surface area contributed by atoms with Gasteiger partial charge in [-0.25, -0.2) is 0 Å². The summed E-state index contributed by atoms with van der Waals surface area (Å²) in [5, 5.41) is 4.78. The fourth-order valence-corrected chi connectivity index (χ4v) is 2.38. The van der Waals surface area contributed by atoms with Crippen LogP contribution in [0.2, 0.25) is 0 Å². The second kappa shape index (κ2) is 6.15. The van der Waals surface area contributed by atoms with Crippen LogP contribution in [0.3, 0.4) is 0 Å². The molecule has 1 amide bonds.